The average molecular weight is 949 g/mol. The molecule has 0 radical (unpaired) electrons. The Bertz CT molecular complexity index is 4800. The van der Waals surface area contributed by atoms with Crippen LogP contribution in [0, 0.1) is 0 Å². The lowest BCUT2D eigenvalue weighted by molar-refractivity contribution is 1.71. The molecule has 0 aliphatic carbocycles. The SMILES string of the molecule is c1ccc2c(c1)sc1cccc(-c3ccc4ccc5c(-c6ccc7sc8ccc(-c9ccc%10ccc%11c(-c%12cccc%13sc%14ccccc%14c%12%13)ccc%12ccc9c%10c%12%11)cc8c7c6)ccc6ccc3c4c65)c12. The van der Waals surface area contributed by atoms with Crippen molar-refractivity contribution >= 4 is 159 Å². The monoisotopic (exact) mass is 948 g/mol. The van der Waals surface area contributed by atoms with Gasteiger partial charge >= 0.3 is 0 Å². The van der Waals surface area contributed by atoms with E-state index in [1.807, 2.05) is 34.0 Å². The summed E-state index contributed by atoms with van der Waals surface area (Å²) in [7, 11) is 0. The zero-order valence-electron chi connectivity index (χ0n) is 38.0. The first kappa shape index (κ1) is 38.6. The largest absolute Gasteiger partial charge is 0.135 e. The summed E-state index contributed by atoms with van der Waals surface area (Å²) in [5.74, 6) is 0. The van der Waals surface area contributed by atoms with Gasteiger partial charge in [0.2, 0.25) is 0 Å². The Morgan fingerprint density at radius 1 is 0.183 bits per heavy atom. The molecule has 71 heavy (non-hydrogen) atoms. The first-order chi connectivity index (χ1) is 35.2. The Morgan fingerprint density at radius 2 is 0.521 bits per heavy atom. The van der Waals surface area contributed by atoms with Crippen molar-refractivity contribution in [2.75, 3.05) is 0 Å². The number of thiophene rings is 3. The Hall–Kier alpha value is -8.18. The Kier molecular flexibility index (Phi) is 7.74. The van der Waals surface area contributed by atoms with Crippen LogP contribution in [0.25, 0.3) is 170 Å². The second kappa shape index (κ2) is 14.2. The van der Waals surface area contributed by atoms with Gasteiger partial charge in [-0.2, -0.15) is 0 Å². The molecule has 0 saturated carbocycles. The van der Waals surface area contributed by atoms with Gasteiger partial charge in [-0.05, 0) is 158 Å². The fourth-order valence-corrected chi connectivity index (χ4v) is 16.0. The van der Waals surface area contributed by atoms with Gasteiger partial charge in [0.05, 0.1) is 0 Å². The molecule has 0 aliphatic heterocycles. The van der Waals surface area contributed by atoms with Crippen molar-refractivity contribution in [3.8, 4) is 44.5 Å². The molecule has 0 amide bonds. The van der Waals surface area contributed by atoms with E-state index in [4.69, 9.17) is 0 Å². The van der Waals surface area contributed by atoms with Gasteiger partial charge in [0.15, 0.2) is 0 Å². The van der Waals surface area contributed by atoms with Crippen molar-refractivity contribution in [3.63, 3.8) is 0 Å². The summed E-state index contributed by atoms with van der Waals surface area (Å²) in [5, 5.41) is 23.7. The van der Waals surface area contributed by atoms with Gasteiger partial charge in [-0.15, -0.1) is 34.0 Å². The van der Waals surface area contributed by atoms with Crippen LogP contribution < -0.4 is 0 Å². The first-order valence-corrected chi connectivity index (χ1v) is 26.8. The molecule has 17 aromatic rings. The van der Waals surface area contributed by atoms with Crippen LogP contribution in [-0.4, -0.2) is 0 Å². The second-order valence-electron chi connectivity index (χ2n) is 19.4. The molecule has 0 N–H and O–H groups in total. The van der Waals surface area contributed by atoms with Crippen LogP contribution in [0.15, 0.2) is 218 Å². The summed E-state index contributed by atoms with van der Waals surface area (Å²) >= 11 is 5.67. The van der Waals surface area contributed by atoms with Crippen LogP contribution in [0.1, 0.15) is 0 Å². The molecule has 0 fully saturated rings. The molecule has 17 rings (SSSR count). The van der Waals surface area contributed by atoms with E-state index in [9.17, 15) is 0 Å². The maximum atomic E-state index is 2.46. The van der Waals surface area contributed by atoms with Gasteiger partial charge in [0.25, 0.3) is 0 Å². The van der Waals surface area contributed by atoms with E-state index < -0.39 is 0 Å². The molecule has 0 bridgehead atoms. The predicted octanol–water partition coefficient (Wildman–Crippen LogP) is 21.3. The van der Waals surface area contributed by atoms with E-state index in [1.54, 1.807) is 0 Å². The van der Waals surface area contributed by atoms with Gasteiger partial charge in [-0.3, -0.25) is 0 Å². The third-order valence-electron chi connectivity index (χ3n) is 15.8. The lowest BCUT2D eigenvalue weighted by Crippen LogP contribution is -1.90. The maximum absolute atomic E-state index is 2.46. The van der Waals surface area contributed by atoms with Crippen LogP contribution in [-0.2, 0) is 0 Å². The maximum Gasteiger partial charge on any atom is 0.0361 e. The standard InChI is InChI=1S/C68H36S3/c1-3-11-57-53(7-1)67-47(9-5-13-61(67)70-57)45-27-17-39-19-29-49-43(25-15-37-21-31-51(45)65(39)63(37)49)41-23-33-59-55(35-41)56-36-42(24-34-60(56)69-59)44-26-16-38-22-32-52-46(28-18-40-20-30-50(44)64(38)66(40)52)48-10-6-14-62-68(48)54-8-2-4-12-58(54)71-62/h1-36H. The van der Waals surface area contributed by atoms with E-state index in [2.05, 4.69) is 218 Å². The van der Waals surface area contributed by atoms with Crippen molar-refractivity contribution in [1.82, 2.24) is 0 Å². The summed E-state index contributed by atoms with van der Waals surface area (Å²) in [6.45, 7) is 0. The van der Waals surface area contributed by atoms with Crippen molar-refractivity contribution < 1.29 is 0 Å². The van der Waals surface area contributed by atoms with Crippen molar-refractivity contribution in [2.45, 2.75) is 0 Å². The molecular weight excluding hydrogens is 913 g/mol. The molecule has 3 heteroatoms. The fraction of sp³-hybridized carbons (Fsp3) is 0. The molecule has 0 spiro atoms. The molecule has 0 unspecified atom stereocenters. The highest BCUT2D eigenvalue weighted by Gasteiger charge is 2.21. The van der Waals surface area contributed by atoms with E-state index in [1.165, 1.54) is 170 Å². The third kappa shape index (κ3) is 5.33. The number of benzene rings is 14. The Balaban J connectivity index is 0.819. The van der Waals surface area contributed by atoms with Crippen LogP contribution in [0.4, 0.5) is 0 Å². The zero-order valence-corrected chi connectivity index (χ0v) is 40.5. The van der Waals surface area contributed by atoms with Gasteiger partial charge in [-0.25, -0.2) is 0 Å². The van der Waals surface area contributed by atoms with Gasteiger partial charge in [0, 0.05) is 60.5 Å². The average Bonchev–Trinajstić information content (AvgIpc) is 4.13. The summed E-state index contributed by atoms with van der Waals surface area (Å²) in [4.78, 5) is 0. The summed E-state index contributed by atoms with van der Waals surface area (Å²) in [6, 6.07) is 83.2. The Labute approximate surface area is 419 Å². The minimum absolute atomic E-state index is 1.25. The molecule has 3 aromatic heterocycles. The minimum Gasteiger partial charge on any atom is -0.135 e. The van der Waals surface area contributed by atoms with Crippen molar-refractivity contribution in [3.05, 3.63) is 218 Å². The minimum atomic E-state index is 1.25. The summed E-state index contributed by atoms with van der Waals surface area (Å²) < 4.78 is 7.97. The van der Waals surface area contributed by atoms with Crippen LogP contribution in [0.5, 0.6) is 0 Å². The molecule has 0 nitrogen and oxygen atoms in total. The quantitative estimate of drug-likeness (QED) is 0.154. The van der Waals surface area contributed by atoms with Crippen LogP contribution in [0.3, 0.4) is 0 Å². The predicted molar refractivity (Wildman–Crippen MR) is 314 cm³/mol. The van der Waals surface area contributed by atoms with Gasteiger partial charge < -0.3 is 0 Å². The van der Waals surface area contributed by atoms with Gasteiger partial charge in [-0.1, -0.05) is 170 Å². The summed E-state index contributed by atoms with van der Waals surface area (Å²) in [6.07, 6.45) is 0. The van der Waals surface area contributed by atoms with E-state index in [0.717, 1.165) is 0 Å². The molecule has 0 atom stereocenters. The molecular formula is C68H36S3. The lowest BCUT2D eigenvalue weighted by Gasteiger charge is -2.17. The molecule has 3 heterocycles. The molecule has 0 saturated heterocycles. The third-order valence-corrected chi connectivity index (χ3v) is 19.2. The fourth-order valence-electron chi connectivity index (χ4n) is 12.7. The lowest BCUT2D eigenvalue weighted by atomic mass is 9.86. The number of hydrogen-bond acceptors (Lipinski definition) is 3. The zero-order chi connectivity index (χ0) is 46.1. The van der Waals surface area contributed by atoms with E-state index in [0.29, 0.717) is 0 Å². The highest BCUT2D eigenvalue weighted by atomic mass is 32.1. The first-order valence-electron chi connectivity index (χ1n) is 24.4. The topological polar surface area (TPSA) is 0 Å². The highest BCUT2D eigenvalue weighted by Crippen LogP contribution is 2.49. The van der Waals surface area contributed by atoms with Gasteiger partial charge in [0.1, 0.15) is 0 Å². The number of hydrogen-bond donors (Lipinski definition) is 0. The van der Waals surface area contributed by atoms with Crippen molar-refractivity contribution in [1.29, 1.82) is 0 Å². The van der Waals surface area contributed by atoms with Crippen LogP contribution in [0.2, 0.25) is 0 Å². The van der Waals surface area contributed by atoms with E-state index in [-0.39, 0.29) is 0 Å². The summed E-state index contributed by atoms with van der Waals surface area (Å²) in [5.41, 5.74) is 10.2. The normalized spacial score (nSPS) is 12.5. The molecule has 326 valence electrons. The smallest absolute Gasteiger partial charge is 0.0361 e. The second-order valence-corrected chi connectivity index (χ2v) is 22.6. The molecule has 14 aromatic carbocycles. The van der Waals surface area contributed by atoms with E-state index >= 15 is 0 Å². The molecule has 0 aliphatic rings. The van der Waals surface area contributed by atoms with Crippen LogP contribution >= 0.6 is 34.0 Å². The number of fused-ring (bicyclic) bond motifs is 9. The Morgan fingerprint density at radius 3 is 0.958 bits per heavy atom. The van der Waals surface area contributed by atoms with Crippen molar-refractivity contribution in [2.24, 2.45) is 0 Å². The number of rotatable bonds is 4. The highest BCUT2D eigenvalue weighted by molar-refractivity contribution is 7.26.